The van der Waals surface area contributed by atoms with E-state index >= 15 is 0 Å². The fraction of sp³-hybridized carbons (Fsp3) is 0.222. The van der Waals surface area contributed by atoms with Gasteiger partial charge < -0.3 is 10.1 Å². The second-order valence-corrected chi connectivity index (χ2v) is 8.46. The number of ether oxygens (including phenoxy) is 1. The molecule has 1 atom stereocenters. The van der Waals surface area contributed by atoms with Crippen molar-refractivity contribution in [1.29, 1.82) is 0 Å². The number of benzene rings is 1. The lowest BCUT2D eigenvalue weighted by Gasteiger charge is -2.26. The summed E-state index contributed by atoms with van der Waals surface area (Å²) in [5.41, 5.74) is 1.83. The molecule has 1 aliphatic heterocycles. The summed E-state index contributed by atoms with van der Waals surface area (Å²) in [6.45, 7) is 0.610. The molecule has 7 heteroatoms. The maximum absolute atomic E-state index is 12.5. The highest BCUT2D eigenvalue weighted by molar-refractivity contribution is 9.10. The summed E-state index contributed by atoms with van der Waals surface area (Å²) < 4.78 is 6.65. The first-order chi connectivity index (χ1) is 12.2. The number of aromatic nitrogens is 1. The molecular formula is C18H15BrN2O2S2. The van der Waals surface area contributed by atoms with E-state index in [4.69, 9.17) is 4.74 Å². The Kier molecular flexibility index (Phi) is 4.87. The first-order valence-electron chi connectivity index (χ1n) is 7.89. The zero-order valence-corrected chi connectivity index (χ0v) is 16.4. The molecule has 4 nitrogen and oxygen atoms in total. The Hall–Kier alpha value is -1.70. The van der Waals surface area contributed by atoms with Gasteiger partial charge in [0.2, 0.25) is 5.91 Å². The van der Waals surface area contributed by atoms with E-state index in [2.05, 4.69) is 26.2 Å². The molecule has 0 saturated carbocycles. The minimum atomic E-state index is -0.0239. The number of rotatable bonds is 4. The normalized spacial score (nSPS) is 16.1. The minimum absolute atomic E-state index is 0.0131. The maximum Gasteiger partial charge on any atom is 0.226 e. The van der Waals surface area contributed by atoms with Crippen LogP contribution in [-0.4, -0.2) is 17.5 Å². The van der Waals surface area contributed by atoms with Gasteiger partial charge in [0.1, 0.15) is 10.8 Å². The van der Waals surface area contributed by atoms with Crippen molar-refractivity contribution in [2.45, 2.75) is 18.9 Å². The summed E-state index contributed by atoms with van der Waals surface area (Å²) in [6.07, 6.45) is 1.06. The van der Waals surface area contributed by atoms with E-state index in [0.717, 1.165) is 37.8 Å². The van der Waals surface area contributed by atoms with Crippen LogP contribution >= 0.6 is 38.6 Å². The summed E-state index contributed by atoms with van der Waals surface area (Å²) in [6, 6.07) is 9.93. The average molecular weight is 435 g/mol. The number of carbonyl (C=O) groups excluding carboxylic acids is 1. The van der Waals surface area contributed by atoms with Gasteiger partial charge in [-0.15, -0.1) is 22.7 Å². The number of halogens is 1. The SMILES string of the molecule is O=C(Cc1csc(-c2cccs2)n1)NC1CCOc2ccc(Br)cc21. The van der Waals surface area contributed by atoms with Crippen LogP contribution in [-0.2, 0) is 11.2 Å². The molecule has 0 bridgehead atoms. The van der Waals surface area contributed by atoms with Crippen molar-refractivity contribution in [1.82, 2.24) is 10.3 Å². The Labute approximate surface area is 162 Å². The summed E-state index contributed by atoms with van der Waals surface area (Å²) >= 11 is 6.72. The first kappa shape index (κ1) is 16.8. The number of carbonyl (C=O) groups is 1. The van der Waals surface area contributed by atoms with Gasteiger partial charge >= 0.3 is 0 Å². The third-order valence-electron chi connectivity index (χ3n) is 3.97. The number of thiazole rings is 1. The molecule has 25 heavy (non-hydrogen) atoms. The van der Waals surface area contributed by atoms with Gasteiger partial charge in [-0.3, -0.25) is 4.79 Å². The monoisotopic (exact) mass is 434 g/mol. The van der Waals surface area contributed by atoms with E-state index in [1.165, 1.54) is 0 Å². The average Bonchev–Trinajstić information content (AvgIpc) is 3.26. The van der Waals surface area contributed by atoms with Crippen LogP contribution in [0.1, 0.15) is 23.7 Å². The van der Waals surface area contributed by atoms with Crippen molar-refractivity contribution in [2.75, 3.05) is 6.61 Å². The van der Waals surface area contributed by atoms with Crippen molar-refractivity contribution >= 4 is 44.5 Å². The van der Waals surface area contributed by atoms with Crippen LogP contribution < -0.4 is 10.1 Å². The number of hydrogen-bond acceptors (Lipinski definition) is 5. The molecular weight excluding hydrogens is 420 g/mol. The molecule has 2 aromatic heterocycles. The van der Waals surface area contributed by atoms with E-state index in [0.29, 0.717) is 13.0 Å². The molecule has 1 N–H and O–H groups in total. The van der Waals surface area contributed by atoms with Gasteiger partial charge in [-0.25, -0.2) is 4.98 Å². The van der Waals surface area contributed by atoms with Gasteiger partial charge in [0.05, 0.1) is 29.6 Å². The molecule has 3 heterocycles. The lowest BCUT2D eigenvalue weighted by molar-refractivity contribution is -0.121. The molecule has 1 unspecified atom stereocenters. The summed E-state index contributed by atoms with van der Waals surface area (Å²) in [5.74, 6) is 0.828. The number of nitrogens with one attached hydrogen (secondary N) is 1. The predicted octanol–water partition coefficient (Wildman–Crippen LogP) is 4.82. The lowest BCUT2D eigenvalue weighted by Crippen LogP contribution is -2.33. The standard InChI is InChI=1S/C18H15BrN2O2S2/c19-11-3-4-15-13(8-11)14(5-6-23-15)21-17(22)9-12-10-25-18(20-12)16-2-1-7-24-16/h1-4,7-8,10,14H,5-6,9H2,(H,21,22). The Morgan fingerprint density at radius 2 is 2.28 bits per heavy atom. The van der Waals surface area contributed by atoms with Gasteiger partial charge in [0.15, 0.2) is 0 Å². The molecule has 3 aromatic rings. The number of thiophene rings is 1. The highest BCUT2D eigenvalue weighted by Crippen LogP contribution is 2.34. The number of fused-ring (bicyclic) bond motifs is 1. The van der Waals surface area contributed by atoms with Crippen LogP contribution in [0.2, 0.25) is 0 Å². The minimum Gasteiger partial charge on any atom is -0.493 e. The molecule has 0 saturated heterocycles. The number of nitrogens with zero attached hydrogens (tertiary/aromatic N) is 1. The van der Waals surface area contributed by atoms with E-state index in [1.54, 1.807) is 22.7 Å². The summed E-state index contributed by atoms with van der Waals surface area (Å²) in [4.78, 5) is 18.2. The molecule has 0 radical (unpaired) electrons. The van der Waals surface area contributed by atoms with Crippen LogP contribution in [0.4, 0.5) is 0 Å². The number of hydrogen-bond donors (Lipinski definition) is 1. The molecule has 1 aliphatic rings. The fourth-order valence-electron chi connectivity index (χ4n) is 2.83. The maximum atomic E-state index is 12.5. The zero-order valence-electron chi connectivity index (χ0n) is 13.2. The van der Waals surface area contributed by atoms with Crippen LogP contribution in [0.5, 0.6) is 5.75 Å². The Balaban J connectivity index is 1.44. The Bertz CT molecular complexity index is 892. The lowest BCUT2D eigenvalue weighted by atomic mass is 10.0. The molecule has 1 amide bonds. The molecule has 4 rings (SSSR count). The highest BCUT2D eigenvalue weighted by Gasteiger charge is 2.23. The third-order valence-corrected chi connectivity index (χ3v) is 6.40. The van der Waals surface area contributed by atoms with Crippen molar-refractivity contribution in [3.63, 3.8) is 0 Å². The van der Waals surface area contributed by atoms with Crippen molar-refractivity contribution in [3.8, 4) is 15.6 Å². The van der Waals surface area contributed by atoms with E-state index in [9.17, 15) is 4.79 Å². The van der Waals surface area contributed by atoms with Crippen LogP contribution in [0, 0.1) is 0 Å². The Morgan fingerprint density at radius 3 is 3.12 bits per heavy atom. The zero-order chi connectivity index (χ0) is 17.2. The fourth-order valence-corrected chi connectivity index (χ4v) is 4.84. The van der Waals surface area contributed by atoms with Gasteiger partial charge in [-0.2, -0.15) is 0 Å². The smallest absolute Gasteiger partial charge is 0.226 e. The quantitative estimate of drug-likeness (QED) is 0.640. The molecule has 0 aliphatic carbocycles. The van der Waals surface area contributed by atoms with Crippen LogP contribution in [0.3, 0.4) is 0 Å². The second-order valence-electron chi connectivity index (χ2n) is 5.74. The molecule has 0 fully saturated rings. The van der Waals surface area contributed by atoms with Gasteiger partial charge in [0, 0.05) is 21.8 Å². The largest absolute Gasteiger partial charge is 0.493 e. The third kappa shape index (κ3) is 3.78. The van der Waals surface area contributed by atoms with E-state index in [-0.39, 0.29) is 11.9 Å². The molecule has 128 valence electrons. The van der Waals surface area contributed by atoms with Crippen LogP contribution in [0.15, 0.2) is 45.6 Å². The van der Waals surface area contributed by atoms with Crippen molar-refractivity contribution < 1.29 is 9.53 Å². The molecule has 0 spiro atoms. The van der Waals surface area contributed by atoms with Gasteiger partial charge in [-0.05, 0) is 29.6 Å². The first-order valence-corrected chi connectivity index (χ1v) is 10.4. The van der Waals surface area contributed by atoms with E-state index < -0.39 is 0 Å². The predicted molar refractivity (Wildman–Crippen MR) is 104 cm³/mol. The van der Waals surface area contributed by atoms with E-state index in [1.807, 2.05) is 41.1 Å². The number of amides is 1. The second kappa shape index (κ2) is 7.27. The van der Waals surface area contributed by atoms with Crippen molar-refractivity contribution in [2.24, 2.45) is 0 Å². The highest BCUT2D eigenvalue weighted by atomic mass is 79.9. The van der Waals surface area contributed by atoms with Crippen molar-refractivity contribution in [3.05, 3.63) is 56.8 Å². The molecule has 1 aromatic carbocycles. The van der Waals surface area contributed by atoms with Gasteiger partial charge in [0.25, 0.3) is 0 Å². The summed E-state index contributed by atoms with van der Waals surface area (Å²) in [7, 11) is 0. The van der Waals surface area contributed by atoms with Gasteiger partial charge in [-0.1, -0.05) is 22.0 Å². The Morgan fingerprint density at radius 1 is 1.36 bits per heavy atom. The topological polar surface area (TPSA) is 51.2 Å². The summed E-state index contributed by atoms with van der Waals surface area (Å²) in [5, 5.41) is 8.09. The van der Waals surface area contributed by atoms with Crippen LogP contribution in [0.25, 0.3) is 9.88 Å².